The van der Waals surface area contributed by atoms with Crippen molar-refractivity contribution in [1.82, 2.24) is 4.90 Å². The van der Waals surface area contributed by atoms with Gasteiger partial charge in [-0.2, -0.15) is 0 Å². The summed E-state index contributed by atoms with van der Waals surface area (Å²) in [6, 6.07) is 3.94. The van der Waals surface area contributed by atoms with Gasteiger partial charge in [-0.15, -0.1) is 0 Å². The number of aldehydes is 1. The van der Waals surface area contributed by atoms with Crippen molar-refractivity contribution >= 4 is 12.4 Å². The summed E-state index contributed by atoms with van der Waals surface area (Å²) in [5, 5.41) is 0. The fourth-order valence-corrected chi connectivity index (χ4v) is 1.43. The van der Waals surface area contributed by atoms with Crippen molar-refractivity contribution in [3.63, 3.8) is 0 Å². The molecule has 0 aromatic heterocycles. The number of carbonyl (C=O) groups is 2. The molecule has 0 saturated carbocycles. The van der Waals surface area contributed by atoms with E-state index in [0.717, 1.165) is 6.07 Å². The first-order chi connectivity index (χ1) is 9.73. The van der Waals surface area contributed by atoms with Crippen LogP contribution in [-0.4, -0.2) is 43.1 Å². The van der Waals surface area contributed by atoms with Crippen LogP contribution in [-0.2, 0) is 4.74 Å². The maximum atomic E-state index is 13.6. The van der Waals surface area contributed by atoms with Gasteiger partial charge in [0.25, 0.3) is 0 Å². The van der Waals surface area contributed by atoms with E-state index in [2.05, 4.69) is 0 Å². The van der Waals surface area contributed by atoms with Crippen molar-refractivity contribution in [3.05, 3.63) is 29.6 Å². The second-order valence-corrected chi connectivity index (χ2v) is 5.56. The second kappa shape index (κ2) is 7.06. The van der Waals surface area contributed by atoms with Crippen LogP contribution in [0, 0.1) is 5.82 Å². The Morgan fingerprint density at radius 2 is 2.05 bits per heavy atom. The first kappa shape index (κ1) is 16.9. The number of ether oxygens (including phenoxy) is 2. The van der Waals surface area contributed by atoms with E-state index < -0.39 is 17.5 Å². The van der Waals surface area contributed by atoms with E-state index in [9.17, 15) is 14.0 Å². The third-order valence-electron chi connectivity index (χ3n) is 2.48. The van der Waals surface area contributed by atoms with E-state index in [1.54, 1.807) is 27.8 Å². The number of halogens is 1. The average Bonchev–Trinajstić information content (AvgIpc) is 2.38. The maximum absolute atomic E-state index is 13.6. The van der Waals surface area contributed by atoms with Gasteiger partial charge in [0.1, 0.15) is 18.5 Å². The fourth-order valence-electron chi connectivity index (χ4n) is 1.43. The van der Waals surface area contributed by atoms with E-state index in [4.69, 9.17) is 9.47 Å². The quantitative estimate of drug-likeness (QED) is 0.784. The number of likely N-dealkylation sites (N-methyl/N-ethyl adjacent to an activating group) is 1. The predicted molar refractivity (Wildman–Crippen MR) is 76.1 cm³/mol. The molecular formula is C15H20FNO4. The molecule has 1 aromatic rings. The molecular weight excluding hydrogens is 277 g/mol. The van der Waals surface area contributed by atoms with Crippen molar-refractivity contribution in [2.45, 2.75) is 26.4 Å². The molecule has 1 amide bonds. The lowest BCUT2D eigenvalue weighted by atomic mass is 10.2. The van der Waals surface area contributed by atoms with Crippen LogP contribution < -0.4 is 4.74 Å². The van der Waals surface area contributed by atoms with E-state index >= 15 is 0 Å². The molecule has 0 fully saturated rings. The van der Waals surface area contributed by atoms with E-state index in [1.807, 2.05) is 0 Å². The summed E-state index contributed by atoms with van der Waals surface area (Å²) in [5.74, 6) is -0.572. The lowest BCUT2D eigenvalue weighted by molar-refractivity contribution is 0.0277. The van der Waals surface area contributed by atoms with Crippen LogP contribution in [0.3, 0.4) is 0 Å². The zero-order chi connectivity index (χ0) is 16.0. The highest BCUT2D eigenvalue weighted by Gasteiger charge is 2.19. The van der Waals surface area contributed by atoms with Crippen molar-refractivity contribution in [3.8, 4) is 5.75 Å². The zero-order valence-electron chi connectivity index (χ0n) is 12.7. The lowest BCUT2D eigenvalue weighted by Gasteiger charge is -2.24. The van der Waals surface area contributed by atoms with Gasteiger partial charge in [0, 0.05) is 12.6 Å². The second-order valence-electron chi connectivity index (χ2n) is 5.56. The molecule has 0 aliphatic carbocycles. The summed E-state index contributed by atoms with van der Waals surface area (Å²) in [4.78, 5) is 23.5. The molecule has 0 unspecified atom stereocenters. The van der Waals surface area contributed by atoms with Gasteiger partial charge >= 0.3 is 6.09 Å². The Bertz CT molecular complexity index is 511. The predicted octanol–water partition coefficient (Wildman–Crippen LogP) is 2.88. The summed E-state index contributed by atoms with van der Waals surface area (Å²) in [6.45, 7) is 5.70. The number of rotatable bonds is 5. The zero-order valence-corrected chi connectivity index (χ0v) is 12.7. The monoisotopic (exact) mass is 297 g/mol. The van der Waals surface area contributed by atoms with Crippen LogP contribution in [0.5, 0.6) is 5.75 Å². The summed E-state index contributed by atoms with van der Waals surface area (Å²) in [6.07, 6.45) is 0.0891. The Labute approximate surface area is 123 Å². The molecule has 116 valence electrons. The van der Waals surface area contributed by atoms with Gasteiger partial charge in [-0.1, -0.05) is 0 Å². The van der Waals surface area contributed by atoms with Gasteiger partial charge < -0.3 is 14.4 Å². The highest BCUT2D eigenvalue weighted by molar-refractivity contribution is 5.75. The van der Waals surface area contributed by atoms with Crippen molar-refractivity contribution in [2.75, 3.05) is 20.2 Å². The first-order valence-corrected chi connectivity index (χ1v) is 6.54. The minimum absolute atomic E-state index is 0.0400. The van der Waals surface area contributed by atoms with Gasteiger partial charge in [-0.3, -0.25) is 4.79 Å². The highest BCUT2D eigenvalue weighted by Crippen LogP contribution is 2.17. The van der Waals surface area contributed by atoms with Crippen LogP contribution in [0.2, 0.25) is 0 Å². The van der Waals surface area contributed by atoms with Crippen LogP contribution in [0.15, 0.2) is 18.2 Å². The van der Waals surface area contributed by atoms with E-state index in [-0.39, 0.29) is 24.5 Å². The summed E-state index contributed by atoms with van der Waals surface area (Å²) >= 11 is 0. The van der Waals surface area contributed by atoms with Gasteiger partial charge in [0.15, 0.2) is 11.6 Å². The van der Waals surface area contributed by atoms with Crippen LogP contribution in [0.1, 0.15) is 31.1 Å². The Balaban J connectivity index is 2.46. The van der Waals surface area contributed by atoms with Gasteiger partial charge in [-0.05, 0) is 39.0 Å². The Hall–Kier alpha value is -2.11. The van der Waals surface area contributed by atoms with Crippen molar-refractivity contribution < 1.29 is 23.5 Å². The fraction of sp³-hybridized carbons (Fsp3) is 0.467. The summed E-state index contributed by atoms with van der Waals surface area (Å²) in [7, 11) is 1.57. The van der Waals surface area contributed by atoms with Gasteiger partial charge in [0.05, 0.1) is 6.54 Å². The molecule has 1 rings (SSSR count). The van der Waals surface area contributed by atoms with Crippen LogP contribution in [0.25, 0.3) is 0 Å². The lowest BCUT2D eigenvalue weighted by Crippen LogP contribution is -2.36. The van der Waals surface area contributed by atoms with Crippen molar-refractivity contribution in [2.24, 2.45) is 0 Å². The summed E-state index contributed by atoms with van der Waals surface area (Å²) in [5.41, 5.74) is -0.325. The minimum atomic E-state index is -0.612. The Kier molecular flexibility index (Phi) is 5.69. The Morgan fingerprint density at radius 1 is 1.38 bits per heavy atom. The van der Waals surface area contributed by atoms with Gasteiger partial charge in [0.2, 0.25) is 0 Å². The smallest absolute Gasteiger partial charge is 0.410 e. The average molecular weight is 297 g/mol. The number of hydrogen-bond acceptors (Lipinski definition) is 4. The molecule has 0 atom stereocenters. The molecule has 5 nitrogen and oxygen atoms in total. The largest absolute Gasteiger partial charge is 0.489 e. The Morgan fingerprint density at radius 3 is 2.57 bits per heavy atom. The molecule has 6 heteroatoms. The van der Waals surface area contributed by atoms with Crippen LogP contribution >= 0.6 is 0 Å². The number of nitrogens with zero attached hydrogens (tertiary/aromatic N) is 1. The molecule has 1 aromatic carbocycles. The molecule has 0 aliphatic rings. The molecule has 0 N–H and O–H groups in total. The molecule has 0 aliphatic heterocycles. The first-order valence-electron chi connectivity index (χ1n) is 6.54. The van der Waals surface area contributed by atoms with Gasteiger partial charge in [-0.25, -0.2) is 9.18 Å². The normalized spacial score (nSPS) is 10.9. The summed E-state index contributed by atoms with van der Waals surface area (Å²) < 4.78 is 24.0. The molecule has 0 saturated heterocycles. The molecule has 21 heavy (non-hydrogen) atoms. The SMILES string of the molecule is CN(CCOc1ccc(C=O)cc1F)C(=O)OC(C)(C)C. The number of hydrogen-bond donors (Lipinski definition) is 0. The third-order valence-corrected chi connectivity index (χ3v) is 2.48. The van der Waals surface area contributed by atoms with E-state index in [1.165, 1.54) is 17.0 Å². The van der Waals surface area contributed by atoms with Crippen molar-refractivity contribution in [1.29, 1.82) is 0 Å². The number of amides is 1. The third kappa shape index (κ3) is 5.81. The minimum Gasteiger partial charge on any atom is -0.489 e. The number of carbonyl (C=O) groups excluding carboxylic acids is 2. The number of benzene rings is 1. The highest BCUT2D eigenvalue weighted by atomic mass is 19.1. The molecule has 0 bridgehead atoms. The maximum Gasteiger partial charge on any atom is 0.410 e. The van der Waals surface area contributed by atoms with Crippen LogP contribution in [0.4, 0.5) is 9.18 Å². The standard InChI is InChI=1S/C15H20FNO4/c1-15(2,3)21-14(19)17(4)7-8-20-13-6-5-11(10-18)9-12(13)16/h5-6,9-10H,7-8H2,1-4H3. The molecule has 0 heterocycles. The molecule has 0 radical (unpaired) electrons. The topological polar surface area (TPSA) is 55.8 Å². The van der Waals surface area contributed by atoms with E-state index in [0.29, 0.717) is 6.29 Å². The molecule has 0 spiro atoms.